The molecule has 4 rings (SSSR count). The number of carbonyl (C=O) groups is 1. The minimum atomic E-state index is -4.74. The monoisotopic (exact) mass is 551 g/mol. The van der Waals surface area contributed by atoms with Gasteiger partial charge in [0.25, 0.3) is 0 Å². The predicted molar refractivity (Wildman–Crippen MR) is 151 cm³/mol. The van der Waals surface area contributed by atoms with Gasteiger partial charge in [-0.15, -0.1) is 18.3 Å². The van der Waals surface area contributed by atoms with Crippen molar-refractivity contribution in [3.8, 4) is 5.75 Å². The van der Waals surface area contributed by atoms with Gasteiger partial charge in [-0.05, 0) is 66.4 Å². The molecule has 11 heteroatoms. The second kappa shape index (κ2) is 12.0. The standard InChI is InChI=1S/C28H24F3N5O2S/c1-18-4-3-5-19(2)26(18)36-25(37)17-39-27(36)35-34-16-20-6-8-21(9-7-20)24(32)14-15-33-22-10-12-23(13-11-22)38-28(29,30)31/h3-16H,17,32H2,1-2H3/b24-14?,33-15?,34-16+,35-27-. The molecule has 1 heterocycles. The van der Waals surface area contributed by atoms with Crippen LogP contribution in [0, 0.1) is 13.8 Å². The van der Waals surface area contributed by atoms with Gasteiger partial charge in [0.1, 0.15) is 5.75 Å². The number of para-hydroxylation sites is 1. The lowest BCUT2D eigenvalue weighted by Crippen LogP contribution is -2.30. The molecule has 0 aromatic heterocycles. The number of hydrogen-bond acceptors (Lipinski definition) is 7. The van der Waals surface area contributed by atoms with Crippen LogP contribution in [-0.2, 0) is 4.79 Å². The summed E-state index contributed by atoms with van der Waals surface area (Å²) >= 11 is 1.35. The SMILES string of the molecule is Cc1cccc(C)c1N1C(=O)CS/C1=N\N=C\c1ccc(C(N)=CC=Nc2ccc(OC(F)(F)F)cc2)cc1. The number of nitrogens with two attached hydrogens (primary N) is 1. The van der Waals surface area contributed by atoms with Crippen LogP contribution in [0.3, 0.4) is 0 Å². The first kappa shape index (κ1) is 27.6. The molecule has 0 bridgehead atoms. The van der Waals surface area contributed by atoms with Crippen LogP contribution in [0.1, 0.15) is 22.3 Å². The number of carbonyl (C=O) groups excluding carboxylic acids is 1. The summed E-state index contributed by atoms with van der Waals surface area (Å²) in [6, 6.07) is 18.3. The number of rotatable bonds is 7. The summed E-state index contributed by atoms with van der Waals surface area (Å²) in [6.45, 7) is 3.92. The van der Waals surface area contributed by atoms with Crippen LogP contribution in [0.4, 0.5) is 24.5 Å². The zero-order chi connectivity index (χ0) is 28.0. The molecule has 1 amide bonds. The number of aryl methyl sites for hydroxylation is 2. The van der Waals surface area contributed by atoms with Crippen molar-refractivity contribution in [1.82, 2.24) is 0 Å². The predicted octanol–water partition coefficient (Wildman–Crippen LogP) is 6.37. The van der Waals surface area contributed by atoms with Crippen molar-refractivity contribution in [2.45, 2.75) is 20.2 Å². The number of amides is 1. The summed E-state index contributed by atoms with van der Waals surface area (Å²) in [7, 11) is 0. The molecule has 1 aliphatic heterocycles. The van der Waals surface area contributed by atoms with Crippen molar-refractivity contribution in [3.05, 3.63) is 95.1 Å². The number of aliphatic imine (C=N–C) groups is 1. The Labute approximate surface area is 227 Å². The molecular weight excluding hydrogens is 527 g/mol. The highest BCUT2D eigenvalue weighted by Gasteiger charge is 2.32. The third-order valence-corrected chi connectivity index (χ3v) is 6.48. The molecule has 200 valence electrons. The average Bonchev–Trinajstić information content (AvgIpc) is 3.24. The number of allylic oxidation sites excluding steroid dienone is 1. The van der Waals surface area contributed by atoms with Crippen LogP contribution < -0.4 is 15.4 Å². The lowest BCUT2D eigenvalue weighted by atomic mass is 10.1. The normalized spacial score (nSPS) is 15.7. The van der Waals surface area contributed by atoms with E-state index in [1.807, 2.05) is 56.3 Å². The zero-order valence-corrected chi connectivity index (χ0v) is 21.8. The third kappa shape index (κ3) is 7.35. The van der Waals surface area contributed by atoms with Crippen LogP contribution in [0.2, 0.25) is 0 Å². The maximum Gasteiger partial charge on any atom is 0.573 e. The summed E-state index contributed by atoms with van der Waals surface area (Å²) in [5.41, 5.74) is 11.4. The maximum atomic E-state index is 12.5. The number of amidine groups is 1. The summed E-state index contributed by atoms with van der Waals surface area (Å²) in [5.74, 6) is -0.0431. The minimum absolute atomic E-state index is 0.0333. The molecule has 1 saturated heterocycles. The summed E-state index contributed by atoms with van der Waals surface area (Å²) in [4.78, 5) is 18.3. The first-order valence-electron chi connectivity index (χ1n) is 11.7. The number of nitrogens with zero attached hydrogens (tertiary/aromatic N) is 4. The van der Waals surface area contributed by atoms with E-state index >= 15 is 0 Å². The highest BCUT2D eigenvalue weighted by Crippen LogP contribution is 2.32. The largest absolute Gasteiger partial charge is 0.573 e. The molecule has 7 nitrogen and oxygen atoms in total. The lowest BCUT2D eigenvalue weighted by Gasteiger charge is -2.20. The van der Waals surface area contributed by atoms with Gasteiger partial charge in [0, 0.05) is 11.9 Å². The van der Waals surface area contributed by atoms with Gasteiger partial charge < -0.3 is 10.5 Å². The molecule has 0 saturated carbocycles. The van der Waals surface area contributed by atoms with Crippen molar-refractivity contribution in [2.75, 3.05) is 10.7 Å². The Bertz CT molecular complexity index is 1440. The maximum absolute atomic E-state index is 12.5. The lowest BCUT2D eigenvalue weighted by molar-refractivity contribution is -0.274. The number of thioether (sulfide) groups is 1. The van der Waals surface area contributed by atoms with Gasteiger partial charge >= 0.3 is 6.36 Å². The fourth-order valence-electron chi connectivity index (χ4n) is 3.75. The van der Waals surface area contributed by atoms with Crippen LogP contribution in [0.25, 0.3) is 5.70 Å². The van der Waals surface area contributed by atoms with E-state index in [9.17, 15) is 18.0 Å². The van der Waals surface area contributed by atoms with E-state index in [0.29, 0.717) is 22.3 Å². The molecule has 0 aliphatic carbocycles. The Balaban J connectivity index is 1.39. The molecular formula is C28H24F3N5O2S. The molecule has 2 N–H and O–H groups in total. The smallest absolute Gasteiger partial charge is 0.406 e. The molecule has 39 heavy (non-hydrogen) atoms. The molecule has 0 spiro atoms. The molecule has 0 radical (unpaired) electrons. The van der Waals surface area contributed by atoms with Crippen molar-refractivity contribution >= 4 is 52.3 Å². The zero-order valence-electron chi connectivity index (χ0n) is 21.0. The molecule has 1 aliphatic rings. The fraction of sp³-hybridized carbons (Fsp3) is 0.143. The van der Waals surface area contributed by atoms with Gasteiger partial charge in [0.15, 0.2) is 5.17 Å². The van der Waals surface area contributed by atoms with Gasteiger partial charge in [0.05, 0.1) is 23.3 Å². The van der Waals surface area contributed by atoms with E-state index in [2.05, 4.69) is 19.9 Å². The van der Waals surface area contributed by atoms with E-state index in [1.54, 1.807) is 17.2 Å². The first-order valence-corrected chi connectivity index (χ1v) is 12.7. The van der Waals surface area contributed by atoms with E-state index < -0.39 is 6.36 Å². The van der Waals surface area contributed by atoms with Gasteiger partial charge in [-0.3, -0.25) is 14.7 Å². The quantitative estimate of drug-likeness (QED) is 0.273. The van der Waals surface area contributed by atoms with Crippen molar-refractivity contribution in [1.29, 1.82) is 0 Å². The van der Waals surface area contributed by atoms with Crippen LogP contribution in [-0.4, -0.2) is 35.6 Å². The fourth-order valence-corrected chi connectivity index (χ4v) is 4.56. The Hall–Kier alpha value is -4.38. The second-order valence-corrected chi connectivity index (χ2v) is 9.39. The molecule has 1 fully saturated rings. The van der Waals surface area contributed by atoms with E-state index in [4.69, 9.17) is 5.73 Å². The Morgan fingerprint density at radius 1 is 1.03 bits per heavy atom. The first-order chi connectivity index (χ1) is 18.6. The van der Waals surface area contributed by atoms with Crippen LogP contribution in [0.5, 0.6) is 5.75 Å². The van der Waals surface area contributed by atoms with E-state index in [1.165, 1.54) is 42.2 Å². The average molecular weight is 552 g/mol. The minimum Gasteiger partial charge on any atom is -0.406 e. The number of hydrogen-bond donors (Lipinski definition) is 1. The van der Waals surface area contributed by atoms with Crippen molar-refractivity contribution < 1.29 is 22.7 Å². The van der Waals surface area contributed by atoms with Crippen LogP contribution in [0.15, 0.2) is 88.0 Å². The number of benzene rings is 3. The van der Waals surface area contributed by atoms with Crippen molar-refractivity contribution in [2.24, 2.45) is 20.9 Å². The highest BCUT2D eigenvalue weighted by atomic mass is 32.2. The summed E-state index contributed by atoms with van der Waals surface area (Å²) < 4.78 is 40.6. The summed E-state index contributed by atoms with van der Waals surface area (Å²) in [6.07, 6.45) is -0.0976. The number of anilines is 1. The number of alkyl halides is 3. The third-order valence-electron chi connectivity index (χ3n) is 5.57. The Kier molecular flexibility index (Phi) is 8.50. The second-order valence-electron chi connectivity index (χ2n) is 8.45. The van der Waals surface area contributed by atoms with Gasteiger partial charge in [-0.25, -0.2) is 0 Å². The van der Waals surface area contributed by atoms with Gasteiger partial charge in [-0.2, -0.15) is 5.10 Å². The van der Waals surface area contributed by atoms with E-state index in [-0.39, 0.29) is 11.7 Å². The van der Waals surface area contributed by atoms with Crippen molar-refractivity contribution in [3.63, 3.8) is 0 Å². The van der Waals surface area contributed by atoms with Gasteiger partial charge in [0.2, 0.25) is 5.91 Å². The van der Waals surface area contributed by atoms with Crippen LogP contribution >= 0.6 is 11.8 Å². The Morgan fingerprint density at radius 3 is 2.33 bits per heavy atom. The van der Waals surface area contributed by atoms with E-state index in [0.717, 1.165) is 27.9 Å². The number of halogens is 3. The molecule has 3 aromatic carbocycles. The molecule has 3 aromatic rings. The number of ether oxygens (including phenoxy) is 1. The molecule has 0 atom stereocenters. The topological polar surface area (TPSA) is 92.6 Å². The van der Waals surface area contributed by atoms with Gasteiger partial charge in [-0.1, -0.05) is 54.2 Å². The summed E-state index contributed by atoms with van der Waals surface area (Å²) in [5, 5.41) is 9.01. The molecule has 0 unspecified atom stereocenters. The highest BCUT2D eigenvalue weighted by molar-refractivity contribution is 8.15. The Morgan fingerprint density at radius 2 is 1.69 bits per heavy atom.